The van der Waals surface area contributed by atoms with E-state index in [4.69, 9.17) is 5.73 Å². The molecule has 1 aromatic rings. The number of alkyl halides is 1. The monoisotopic (exact) mass is 241 g/mol. The molecule has 0 saturated carbocycles. The fraction of sp³-hybridized carbons (Fsp3) is 0.300. The van der Waals surface area contributed by atoms with E-state index in [1.54, 1.807) is 6.92 Å². The number of Topliss-reactive ketones (excluding diaryl/α,β-unsaturated/α-hetero) is 1. The molecule has 0 aromatic heterocycles. The molecule has 13 heavy (non-hydrogen) atoms. The Morgan fingerprint density at radius 3 is 2.69 bits per heavy atom. The van der Waals surface area contributed by atoms with Gasteiger partial charge in [-0.15, -0.1) is 0 Å². The summed E-state index contributed by atoms with van der Waals surface area (Å²) in [5.41, 5.74) is 8.51. The molecule has 0 heterocycles. The van der Waals surface area contributed by atoms with Crippen molar-refractivity contribution < 1.29 is 4.79 Å². The molecule has 0 aliphatic heterocycles. The normalized spacial score (nSPS) is 10.0. The molecule has 0 unspecified atom stereocenters. The molecule has 0 atom stereocenters. The molecule has 0 radical (unpaired) electrons. The summed E-state index contributed by atoms with van der Waals surface area (Å²) in [6.07, 6.45) is 0.487. The molecule has 0 spiro atoms. The number of hydrogen-bond acceptors (Lipinski definition) is 2. The van der Waals surface area contributed by atoms with Gasteiger partial charge < -0.3 is 5.73 Å². The number of carbonyl (C=O) groups excluding carboxylic acids is 1. The average Bonchev–Trinajstić information content (AvgIpc) is 2.07. The lowest BCUT2D eigenvalue weighted by Crippen LogP contribution is -2.00. The van der Waals surface area contributed by atoms with Crippen molar-refractivity contribution in [3.63, 3.8) is 0 Å². The molecule has 0 fully saturated rings. The summed E-state index contributed by atoms with van der Waals surface area (Å²) in [7, 11) is 0. The van der Waals surface area contributed by atoms with Gasteiger partial charge in [-0.05, 0) is 30.2 Å². The minimum Gasteiger partial charge on any atom is -0.399 e. The maximum Gasteiger partial charge on any atom is 0.134 e. The molecule has 70 valence electrons. The maximum absolute atomic E-state index is 10.9. The van der Waals surface area contributed by atoms with Crippen LogP contribution in [0.1, 0.15) is 18.1 Å². The summed E-state index contributed by atoms with van der Waals surface area (Å²) < 4.78 is 0. The summed E-state index contributed by atoms with van der Waals surface area (Å²) in [5, 5.41) is 0.737. The third-order valence-corrected chi connectivity index (χ3v) is 2.42. The molecule has 0 aliphatic carbocycles. The van der Waals surface area contributed by atoms with Crippen LogP contribution in [-0.4, -0.2) is 5.78 Å². The van der Waals surface area contributed by atoms with E-state index in [0.29, 0.717) is 6.42 Å². The van der Waals surface area contributed by atoms with E-state index in [1.165, 1.54) is 0 Å². The van der Waals surface area contributed by atoms with Gasteiger partial charge in [0.15, 0.2) is 0 Å². The minimum atomic E-state index is 0.173. The second-order valence-electron chi connectivity index (χ2n) is 3.04. The second-order valence-corrected chi connectivity index (χ2v) is 3.60. The molecule has 0 aliphatic rings. The number of nitrogen functional groups attached to an aromatic ring is 1. The topological polar surface area (TPSA) is 43.1 Å². The van der Waals surface area contributed by atoms with Crippen molar-refractivity contribution >= 4 is 27.4 Å². The van der Waals surface area contributed by atoms with Crippen LogP contribution in [0.4, 0.5) is 5.69 Å². The largest absolute Gasteiger partial charge is 0.399 e. The number of halogens is 1. The van der Waals surface area contributed by atoms with E-state index in [0.717, 1.165) is 22.1 Å². The summed E-state index contributed by atoms with van der Waals surface area (Å²) in [5.74, 6) is 0.173. The zero-order chi connectivity index (χ0) is 9.84. The molecular formula is C10H12BrNO. The Labute approximate surface area is 86.3 Å². The zero-order valence-electron chi connectivity index (χ0n) is 7.51. The Kier molecular flexibility index (Phi) is 3.48. The second kappa shape index (κ2) is 4.42. The van der Waals surface area contributed by atoms with Crippen LogP contribution in [0.25, 0.3) is 0 Å². The lowest BCUT2D eigenvalue weighted by molar-refractivity contribution is -0.116. The molecule has 3 heteroatoms. The first-order valence-corrected chi connectivity index (χ1v) is 5.18. The molecule has 2 N–H and O–H groups in total. The van der Waals surface area contributed by atoms with Crippen LogP contribution in [-0.2, 0) is 16.5 Å². The first-order valence-electron chi connectivity index (χ1n) is 4.06. The number of ketones is 1. The van der Waals surface area contributed by atoms with Crippen molar-refractivity contribution in [3.05, 3.63) is 29.3 Å². The number of hydrogen-bond donors (Lipinski definition) is 1. The quantitative estimate of drug-likeness (QED) is 0.652. The van der Waals surface area contributed by atoms with Gasteiger partial charge in [0.05, 0.1) is 0 Å². The predicted molar refractivity (Wildman–Crippen MR) is 57.9 cm³/mol. The van der Waals surface area contributed by atoms with Gasteiger partial charge in [-0.3, -0.25) is 4.79 Å². The van der Waals surface area contributed by atoms with Gasteiger partial charge in [0.1, 0.15) is 5.78 Å². The Hall–Kier alpha value is -0.830. The van der Waals surface area contributed by atoms with Crippen LogP contribution in [0.2, 0.25) is 0 Å². The zero-order valence-corrected chi connectivity index (χ0v) is 9.10. The average molecular weight is 242 g/mol. The van der Waals surface area contributed by atoms with Gasteiger partial charge >= 0.3 is 0 Å². The first-order chi connectivity index (χ1) is 6.13. The fourth-order valence-electron chi connectivity index (χ4n) is 1.21. The lowest BCUT2D eigenvalue weighted by Gasteiger charge is -2.05. The summed E-state index contributed by atoms with van der Waals surface area (Å²) in [4.78, 5) is 10.9. The van der Waals surface area contributed by atoms with Gasteiger partial charge in [-0.1, -0.05) is 22.0 Å². The number of anilines is 1. The molecule has 1 aromatic carbocycles. The van der Waals surface area contributed by atoms with E-state index < -0.39 is 0 Å². The number of benzene rings is 1. The third-order valence-electron chi connectivity index (χ3n) is 1.81. The van der Waals surface area contributed by atoms with Crippen LogP contribution in [0, 0.1) is 0 Å². The predicted octanol–water partition coefficient (Wildman–Crippen LogP) is 2.30. The molecule has 0 bridgehead atoms. The van der Waals surface area contributed by atoms with Crippen LogP contribution in [0.3, 0.4) is 0 Å². The van der Waals surface area contributed by atoms with E-state index in [9.17, 15) is 4.79 Å². The maximum atomic E-state index is 10.9. The molecular weight excluding hydrogens is 230 g/mol. The van der Waals surface area contributed by atoms with Gasteiger partial charge in [0.2, 0.25) is 0 Å². The number of rotatable bonds is 3. The van der Waals surface area contributed by atoms with Crippen molar-refractivity contribution in [2.24, 2.45) is 0 Å². The highest BCUT2D eigenvalue weighted by atomic mass is 79.9. The van der Waals surface area contributed by atoms with Crippen molar-refractivity contribution in [3.8, 4) is 0 Å². The number of carbonyl (C=O) groups is 1. The summed E-state index contributed by atoms with van der Waals surface area (Å²) >= 11 is 3.37. The van der Waals surface area contributed by atoms with Crippen molar-refractivity contribution in [2.45, 2.75) is 18.7 Å². The summed E-state index contributed by atoms with van der Waals surface area (Å²) in [6, 6.07) is 5.63. The highest BCUT2D eigenvalue weighted by Gasteiger charge is 2.03. The Balaban J connectivity index is 2.99. The van der Waals surface area contributed by atoms with Gasteiger partial charge in [0, 0.05) is 17.4 Å². The van der Waals surface area contributed by atoms with E-state index >= 15 is 0 Å². The van der Waals surface area contributed by atoms with Gasteiger partial charge in [-0.2, -0.15) is 0 Å². The Bertz CT molecular complexity index is 323. The SMILES string of the molecule is CC(=O)Cc1ccc(N)cc1CBr. The van der Waals surface area contributed by atoms with Crippen LogP contribution >= 0.6 is 15.9 Å². The van der Waals surface area contributed by atoms with Crippen molar-refractivity contribution in [2.75, 3.05) is 5.73 Å². The molecule has 1 rings (SSSR count). The minimum absolute atomic E-state index is 0.173. The van der Waals surface area contributed by atoms with E-state index in [1.807, 2.05) is 18.2 Å². The highest BCUT2D eigenvalue weighted by Crippen LogP contribution is 2.17. The van der Waals surface area contributed by atoms with Crippen LogP contribution < -0.4 is 5.73 Å². The van der Waals surface area contributed by atoms with Crippen molar-refractivity contribution in [1.82, 2.24) is 0 Å². The van der Waals surface area contributed by atoms with Crippen LogP contribution in [0.15, 0.2) is 18.2 Å². The summed E-state index contributed by atoms with van der Waals surface area (Å²) in [6.45, 7) is 1.59. The van der Waals surface area contributed by atoms with Gasteiger partial charge in [0.25, 0.3) is 0 Å². The van der Waals surface area contributed by atoms with E-state index in [2.05, 4.69) is 15.9 Å². The molecule has 0 saturated heterocycles. The van der Waals surface area contributed by atoms with Crippen LogP contribution in [0.5, 0.6) is 0 Å². The molecule has 0 amide bonds. The Morgan fingerprint density at radius 2 is 2.15 bits per heavy atom. The van der Waals surface area contributed by atoms with Crippen molar-refractivity contribution in [1.29, 1.82) is 0 Å². The third kappa shape index (κ3) is 2.84. The molecule has 2 nitrogen and oxygen atoms in total. The lowest BCUT2D eigenvalue weighted by atomic mass is 10.0. The fourth-order valence-corrected chi connectivity index (χ4v) is 1.73. The van der Waals surface area contributed by atoms with Gasteiger partial charge in [-0.25, -0.2) is 0 Å². The standard InChI is InChI=1S/C10H12BrNO/c1-7(13)4-8-2-3-10(12)5-9(8)6-11/h2-3,5H,4,6,12H2,1H3. The first kappa shape index (κ1) is 10.3. The highest BCUT2D eigenvalue weighted by molar-refractivity contribution is 9.08. The number of nitrogens with two attached hydrogens (primary N) is 1. The Morgan fingerprint density at radius 1 is 1.46 bits per heavy atom. The smallest absolute Gasteiger partial charge is 0.134 e. The van der Waals surface area contributed by atoms with E-state index in [-0.39, 0.29) is 5.78 Å².